The predicted molar refractivity (Wildman–Crippen MR) is 44.5 cm³/mol. The van der Waals surface area contributed by atoms with Gasteiger partial charge < -0.3 is 5.73 Å². The van der Waals surface area contributed by atoms with Crippen molar-refractivity contribution in [3.05, 3.63) is 34.6 Å². The molecule has 6 heteroatoms. The number of carbonyl (C=O) groups excluding carboxylic acids is 1. The van der Waals surface area contributed by atoms with Crippen LogP contribution in [0.2, 0.25) is 5.02 Å². The molecular weight excluding hydrogens is 219 g/mol. The van der Waals surface area contributed by atoms with Gasteiger partial charge >= 0.3 is 5.92 Å². The second kappa shape index (κ2) is 3.49. The number of hydrogen-bond donors (Lipinski definition) is 1. The highest BCUT2D eigenvalue weighted by Crippen LogP contribution is 2.29. The van der Waals surface area contributed by atoms with Crippen LogP contribution in [0.1, 0.15) is 5.56 Å². The average molecular weight is 224 g/mol. The lowest BCUT2D eigenvalue weighted by Gasteiger charge is -2.12. The summed E-state index contributed by atoms with van der Waals surface area (Å²) in [5, 5.41) is -0.297. The number of carbonyl (C=O) groups is 1. The molecule has 2 N–H and O–H groups in total. The lowest BCUT2D eigenvalue weighted by Crippen LogP contribution is -2.32. The molecular formula is C8H5ClF3NO. The van der Waals surface area contributed by atoms with Crippen LogP contribution in [0.15, 0.2) is 18.2 Å². The van der Waals surface area contributed by atoms with E-state index in [0.717, 1.165) is 12.1 Å². The van der Waals surface area contributed by atoms with Crippen LogP contribution in [0, 0.1) is 5.82 Å². The van der Waals surface area contributed by atoms with E-state index in [1.54, 1.807) is 0 Å². The van der Waals surface area contributed by atoms with E-state index >= 15 is 0 Å². The molecule has 0 unspecified atom stereocenters. The number of alkyl halides is 2. The van der Waals surface area contributed by atoms with E-state index in [9.17, 15) is 18.0 Å². The number of hydrogen-bond acceptors (Lipinski definition) is 1. The molecule has 0 spiro atoms. The molecule has 2 nitrogen and oxygen atoms in total. The minimum Gasteiger partial charge on any atom is -0.364 e. The first-order valence-electron chi connectivity index (χ1n) is 3.49. The standard InChI is InChI=1S/C8H5ClF3NO/c9-5-2-1-4(3-6(5)10)8(11,12)7(13)14/h1-3H,(H2,13,14). The Morgan fingerprint density at radius 2 is 2.00 bits per heavy atom. The highest BCUT2D eigenvalue weighted by atomic mass is 35.5. The van der Waals surface area contributed by atoms with E-state index in [1.807, 2.05) is 0 Å². The van der Waals surface area contributed by atoms with Gasteiger partial charge in [0, 0.05) is 5.56 Å². The van der Waals surface area contributed by atoms with Gasteiger partial charge in [-0.3, -0.25) is 4.79 Å². The molecule has 0 bridgehead atoms. The van der Waals surface area contributed by atoms with Crippen molar-refractivity contribution in [2.45, 2.75) is 5.92 Å². The fourth-order valence-electron chi connectivity index (χ4n) is 0.834. The van der Waals surface area contributed by atoms with Gasteiger partial charge in [0.05, 0.1) is 5.02 Å². The van der Waals surface area contributed by atoms with Crippen molar-refractivity contribution in [2.24, 2.45) is 5.73 Å². The lowest BCUT2D eigenvalue weighted by atomic mass is 10.1. The van der Waals surface area contributed by atoms with Crippen LogP contribution in [0.25, 0.3) is 0 Å². The molecule has 0 atom stereocenters. The Morgan fingerprint density at radius 3 is 2.43 bits per heavy atom. The molecule has 76 valence electrons. The molecule has 0 saturated carbocycles. The van der Waals surface area contributed by atoms with Crippen molar-refractivity contribution in [1.82, 2.24) is 0 Å². The van der Waals surface area contributed by atoms with Gasteiger partial charge in [-0.2, -0.15) is 8.78 Å². The molecule has 1 aromatic rings. The van der Waals surface area contributed by atoms with E-state index in [0.29, 0.717) is 6.07 Å². The fourth-order valence-corrected chi connectivity index (χ4v) is 0.951. The summed E-state index contributed by atoms with van der Waals surface area (Å²) in [6, 6.07) is 2.26. The lowest BCUT2D eigenvalue weighted by molar-refractivity contribution is -0.143. The number of nitrogens with two attached hydrogens (primary N) is 1. The Labute approximate surface area is 82.5 Å². The average Bonchev–Trinajstić information content (AvgIpc) is 2.09. The maximum absolute atomic E-state index is 12.9. The first kappa shape index (κ1) is 10.8. The second-order valence-corrected chi connectivity index (χ2v) is 2.97. The highest BCUT2D eigenvalue weighted by molar-refractivity contribution is 6.30. The molecule has 0 aliphatic rings. The summed E-state index contributed by atoms with van der Waals surface area (Å²) in [7, 11) is 0. The summed E-state index contributed by atoms with van der Waals surface area (Å²) >= 11 is 5.27. The number of halogens is 4. The maximum atomic E-state index is 12.9. The van der Waals surface area contributed by atoms with Gasteiger partial charge in [0.2, 0.25) is 0 Å². The molecule has 1 rings (SSSR count). The van der Waals surface area contributed by atoms with E-state index in [-0.39, 0.29) is 5.02 Å². The molecule has 0 aliphatic heterocycles. The second-order valence-electron chi connectivity index (χ2n) is 2.57. The molecule has 0 radical (unpaired) electrons. The Hall–Kier alpha value is -1.23. The Kier molecular flexibility index (Phi) is 2.71. The zero-order valence-electron chi connectivity index (χ0n) is 6.73. The van der Waals surface area contributed by atoms with Crippen LogP contribution in [0.3, 0.4) is 0 Å². The molecule has 0 fully saturated rings. The van der Waals surface area contributed by atoms with Crippen LogP contribution in [0.5, 0.6) is 0 Å². The normalized spacial score (nSPS) is 11.4. The molecule has 0 saturated heterocycles. The van der Waals surface area contributed by atoms with E-state index in [4.69, 9.17) is 11.6 Å². The topological polar surface area (TPSA) is 43.1 Å². The summed E-state index contributed by atoms with van der Waals surface area (Å²) in [5.74, 6) is -6.74. The zero-order chi connectivity index (χ0) is 10.9. The summed E-state index contributed by atoms with van der Waals surface area (Å²) < 4.78 is 38.6. The van der Waals surface area contributed by atoms with Gasteiger partial charge in [-0.25, -0.2) is 4.39 Å². The van der Waals surface area contributed by atoms with E-state index in [2.05, 4.69) is 5.73 Å². The quantitative estimate of drug-likeness (QED) is 0.819. The largest absolute Gasteiger partial charge is 0.364 e. The van der Waals surface area contributed by atoms with Crippen molar-refractivity contribution in [1.29, 1.82) is 0 Å². The van der Waals surface area contributed by atoms with Gasteiger partial charge in [0.25, 0.3) is 5.91 Å². The van der Waals surface area contributed by atoms with Crippen LogP contribution >= 0.6 is 11.6 Å². The SMILES string of the molecule is NC(=O)C(F)(F)c1ccc(Cl)c(F)c1. The zero-order valence-corrected chi connectivity index (χ0v) is 7.49. The van der Waals surface area contributed by atoms with Gasteiger partial charge in [-0.1, -0.05) is 17.7 Å². The number of primary amides is 1. The van der Waals surface area contributed by atoms with Crippen LogP contribution < -0.4 is 5.73 Å². The van der Waals surface area contributed by atoms with Crippen LogP contribution in [-0.2, 0) is 10.7 Å². The van der Waals surface area contributed by atoms with E-state index in [1.165, 1.54) is 0 Å². The van der Waals surface area contributed by atoms with Crippen LogP contribution in [-0.4, -0.2) is 5.91 Å². The van der Waals surface area contributed by atoms with Crippen molar-refractivity contribution in [3.63, 3.8) is 0 Å². The third-order valence-electron chi connectivity index (χ3n) is 1.59. The third-order valence-corrected chi connectivity index (χ3v) is 1.90. The molecule has 1 amide bonds. The van der Waals surface area contributed by atoms with Crippen molar-refractivity contribution in [2.75, 3.05) is 0 Å². The highest BCUT2D eigenvalue weighted by Gasteiger charge is 2.39. The Morgan fingerprint density at radius 1 is 1.43 bits per heavy atom. The minimum atomic E-state index is -3.88. The Bertz CT molecular complexity index is 381. The fraction of sp³-hybridized carbons (Fsp3) is 0.125. The summed E-state index contributed by atoms with van der Waals surface area (Å²) in [5.41, 5.74) is 3.63. The first-order chi connectivity index (χ1) is 6.35. The number of rotatable bonds is 2. The van der Waals surface area contributed by atoms with Gasteiger partial charge in [0.1, 0.15) is 5.82 Å². The van der Waals surface area contributed by atoms with Gasteiger partial charge in [0.15, 0.2) is 0 Å². The summed E-state index contributed by atoms with van der Waals surface area (Å²) in [6.07, 6.45) is 0. The molecule has 1 aromatic carbocycles. The summed E-state index contributed by atoms with van der Waals surface area (Å²) in [6.45, 7) is 0. The van der Waals surface area contributed by atoms with Crippen LogP contribution in [0.4, 0.5) is 13.2 Å². The van der Waals surface area contributed by atoms with Gasteiger partial charge in [-0.05, 0) is 12.1 Å². The van der Waals surface area contributed by atoms with E-state index < -0.39 is 23.2 Å². The van der Waals surface area contributed by atoms with Gasteiger partial charge in [-0.15, -0.1) is 0 Å². The summed E-state index contributed by atoms with van der Waals surface area (Å²) in [4.78, 5) is 10.3. The monoisotopic (exact) mass is 223 g/mol. The predicted octanol–water partition coefficient (Wildman–Crippen LogP) is 2.06. The first-order valence-corrected chi connectivity index (χ1v) is 3.86. The van der Waals surface area contributed by atoms with Crippen molar-refractivity contribution in [3.8, 4) is 0 Å². The van der Waals surface area contributed by atoms with Crippen molar-refractivity contribution >= 4 is 17.5 Å². The smallest absolute Gasteiger partial charge is 0.349 e. The number of benzene rings is 1. The molecule has 14 heavy (non-hydrogen) atoms. The third kappa shape index (κ3) is 1.82. The molecule has 0 aromatic heterocycles. The number of amides is 1. The Balaban J connectivity index is 3.21. The molecule has 0 aliphatic carbocycles. The molecule has 0 heterocycles. The minimum absolute atomic E-state index is 0.297. The van der Waals surface area contributed by atoms with Crippen molar-refractivity contribution < 1.29 is 18.0 Å². The maximum Gasteiger partial charge on any atom is 0.349 e.